The van der Waals surface area contributed by atoms with Gasteiger partial charge < -0.3 is 0 Å². The van der Waals surface area contributed by atoms with E-state index in [1.54, 1.807) is 0 Å². The second-order valence-corrected chi connectivity index (χ2v) is 2.71. The van der Waals surface area contributed by atoms with E-state index in [0.717, 1.165) is 12.1 Å². The number of H-pyrrole nitrogens is 1. The quantitative estimate of drug-likeness (QED) is 0.601. The van der Waals surface area contributed by atoms with Crippen LogP contribution < -0.4 is 10.3 Å². The number of aryl methyl sites for hydroxylation is 1. The number of nitrogens with zero attached hydrogens (tertiary/aromatic N) is 1. The molecular formula is C6H7N2OSe. The maximum atomic E-state index is 10.8. The molecule has 0 unspecified atom stereocenters. The molecule has 0 saturated carbocycles. The van der Waals surface area contributed by atoms with Crippen LogP contribution in [0.1, 0.15) is 12.6 Å². The van der Waals surface area contributed by atoms with Crippen molar-refractivity contribution in [3.05, 3.63) is 22.1 Å². The van der Waals surface area contributed by atoms with E-state index >= 15 is 0 Å². The van der Waals surface area contributed by atoms with Gasteiger partial charge in [0, 0.05) is 0 Å². The Morgan fingerprint density at radius 2 is 2.50 bits per heavy atom. The molecule has 0 spiro atoms. The van der Waals surface area contributed by atoms with Crippen LogP contribution >= 0.6 is 0 Å². The molecule has 0 amide bonds. The Kier molecular flexibility index (Phi) is 2.25. The molecule has 0 fully saturated rings. The summed E-state index contributed by atoms with van der Waals surface area (Å²) < 4.78 is 0.560. The summed E-state index contributed by atoms with van der Waals surface area (Å²) in [6, 6.07) is 1.50. The molecule has 0 aliphatic heterocycles. The Balaban J connectivity index is 3.19. The van der Waals surface area contributed by atoms with Crippen molar-refractivity contribution >= 4 is 20.7 Å². The normalized spacial score (nSPS) is 9.70. The van der Waals surface area contributed by atoms with Crippen LogP contribution in [0.4, 0.5) is 0 Å². The third-order valence-electron chi connectivity index (χ3n) is 1.14. The first-order chi connectivity index (χ1) is 4.72. The van der Waals surface area contributed by atoms with Gasteiger partial charge >= 0.3 is 66.2 Å². The van der Waals surface area contributed by atoms with Gasteiger partial charge in [0.2, 0.25) is 0 Å². The summed E-state index contributed by atoms with van der Waals surface area (Å²) in [5.74, 6) is 0. The van der Waals surface area contributed by atoms with E-state index in [9.17, 15) is 4.79 Å². The van der Waals surface area contributed by atoms with Gasteiger partial charge in [0.25, 0.3) is 0 Å². The Bertz CT molecular complexity index is 281. The second-order valence-electron chi connectivity index (χ2n) is 1.90. The van der Waals surface area contributed by atoms with Gasteiger partial charge in [-0.2, -0.15) is 0 Å². The van der Waals surface area contributed by atoms with Crippen LogP contribution in [0, 0.1) is 0 Å². The summed E-state index contributed by atoms with van der Waals surface area (Å²) in [5.41, 5.74) is 0.720. The van der Waals surface area contributed by atoms with E-state index in [4.69, 9.17) is 0 Å². The fourth-order valence-electron chi connectivity index (χ4n) is 0.665. The molecule has 3 nitrogen and oxygen atoms in total. The summed E-state index contributed by atoms with van der Waals surface area (Å²) in [4.78, 5) is 17.3. The van der Waals surface area contributed by atoms with Gasteiger partial charge in [0.1, 0.15) is 0 Å². The molecule has 0 bridgehead atoms. The molecule has 1 radical (unpaired) electrons. The molecule has 0 aliphatic rings. The van der Waals surface area contributed by atoms with Crippen LogP contribution in [0.3, 0.4) is 0 Å². The molecule has 1 N–H and O–H groups in total. The van der Waals surface area contributed by atoms with Crippen molar-refractivity contribution in [2.75, 3.05) is 0 Å². The van der Waals surface area contributed by atoms with Crippen LogP contribution in [0.25, 0.3) is 0 Å². The standard InChI is InChI=1S/C6H7N2OSe/c1-2-4-3-5(9)8-6(10)7-4/h3H,2H2,1H3,(H,7,8,9). The average molecular weight is 202 g/mol. The van der Waals surface area contributed by atoms with Crippen molar-refractivity contribution in [2.24, 2.45) is 0 Å². The van der Waals surface area contributed by atoms with Gasteiger partial charge in [0.15, 0.2) is 0 Å². The van der Waals surface area contributed by atoms with E-state index in [-0.39, 0.29) is 5.56 Å². The Morgan fingerprint density at radius 3 is 3.00 bits per heavy atom. The third-order valence-corrected chi connectivity index (χ3v) is 1.54. The molecular weight excluding hydrogens is 195 g/mol. The average Bonchev–Trinajstić information content (AvgIpc) is 1.85. The van der Waals surface area contributed by atoms with Crippen LogP contribution in [-0.2, 0) is 6.42 Å². The van der Waals surface area contributed by atoms with Gasteiger partial charge in [-0.3, -0.25) is 0 Å². The minimum absolute atomic E-state index is 0.0967. The van der Waals surface area contributed by atoms with Gasteiger partial charge in [-0.15, -0.1) is 0 Å². The van der Waals surface area contributed by atoms with Gasteiger partial charge in [-0.25, -0.2) is 0 Å². The molecule has 1 aromatic heterocycles. The zero-order valence-corrected chi connectivity index (χ0v) is 7.26. The van der Waals surface area contributed by atoms with Crippen molar-refractivity contribution in [1.29, 1.82) is 0 Å². The topological polar surface area (TPSA) is 45.8 Å². The molecule has 1 aromatic rings. The molecule has 10 heavy (non-hydrogen) atoms. The SMILES string of the molecule is CCc1cc(=O)[nH]c([Se])n1. The van der Waals surface area contributed by atoms with Crippen LogP contribution in [0.2, 0.25) is 0 Å². The van der Waals surface area contributed by atoms with Gasteiger partial charge in [0.05, 0.1) is 0 Å². The summed E-state index contributed by atoms with van der Waals surface area (Å²) in [6.07, 6.45) is 0.790. The Labute approximate surface area is 66.7 Å². The molecule has 0 saturated heterocycles. The summed E-state index contributed by atoms with van der Waals surface area (Å²) in [5, 5.41) is 0. The maximum absolute atomic E-state index is 10.8. The minimum atomic E-state index is -0.0967. The molecule has 1 heterocycles. The molecule has 4 heteroatoms. The van der Waals surface area contributed by atoms with E-state index in [1.807, 2.05) is 6.92 Å². The monoisotopic (exact) mass is 203 g/mol. The van der Waals surface area contributed by atoms with Gasteiger partial charge in [-0.05, 0) is 0 Å². The number of hydrogen-bond donors (Lipinski definition) is 1. The number of hydrogen-bond acceptors (Lipinski definition) is 2. The number of aromatic amines is 1. The van der Waals surface area contributed by atoms with E-state index in [1.165, 1.54) is 6.07 Å². The molecule has 0 aliphatic carbocycles. The number of aromatic nitrogens is 2. The Morgan fingerprint density at radius 1 is 1.80 bits per heavy atom. The predicted molar refractivity (Wildman–Crippen MR) is 39.6 cm³/mol. The number of rotatable bonds is 1. The van der Waals surface area contributed by atoms with Crippen molar-refractivity contribution in [3.8, 4) is 0 Å². The first-order valence-corrected chi connectivity index (χ1v) is 3.85. The first-order valence-electron chi connectivity index (χ1n) is 2.99. The fourth-order valence-corrected chi connectivity index (χ4v) is 1.12. The van der Waals surface area contributed by atoms with Crippen molar-refractivity contribution in [2.45, 2.75) is 13.3 Å². The molecule has 0 aromatic carbocycles. The molecule has 53 valence electrons. The van der Waals surface area contributed by atoms with Crippen molar-refractivity contribution in [1.82, 2.24) is 9.97 Å². The Hall–Kier alpha value is -0.601. The number of nitrogens with one attached hydrogen (secondary N) is 1. The van der Waals surface area contributed by atoms with Crippen LogP contribution in [0.5, 0.6) is 0 Å². The van der Waals surface area contributed by atoms with Crippen molar-refractivity contribution in [3.63, 3.8) is 0 Å². The molecule has 0 atom stereocenters. The zero-order valence-electron chi connectivity index (χ0n) is 5.55. The van der Waals surface area contributed by atoms with Crippen LogP contribution in [-0.4, -0.2) is 26.0 Å². The third kappa shape index (κ3) is 1.69. The fraction of sp³-hybridized carbons (Fsp3) is 0.333. The summed E-state index contributed by atoms with van der Waals surface area (Å²) >= 11 is 2.65. The van der Waals surface area contributed by atoms with Crippen molar-refractivity contribution < 1.29 is 0 Å². The summed E-state index contributed by atoms with van der Waals surface area (Å²) in [7, 11) is 0. The second kappa shape index (κ2) is 2.99. The van der Waals surface area contributed by atoms with E-state index in [2.05, 4.69) is 26.0 Å². The van der Waals surface area contributed by atoms with Gasteiger partial charge in [-0.1, -0.05) is 0 Å². The predicted octanol–water partition coefficient (Wildman–Crippen LogP) is -0.874. The summed E-state index contributed by atoms with van der Waals surface area (Å²) in [6.45, 7) is 1.96. The van der Waals surface area contributed by atoms with E-state index in [0.29, 0.717) is 4.72 Å². The first kappa shape index (κ1) is 7.51. The van der Waals surface area contributed by atoms with E-state index < -0.39 is 0 Å². The zero-order chi connectivity index (χ0) is 7.56. The van der Waals surface area contributed by atoms with Crippen LogP contribution in [0.15, 0.2) is 10.9 Å². The molecule has 1 rings (SSSR count).